The van der Waals surface area contributed by atoms with Crippen LogP contribution in [0.1, 0.15) is 18.2 Å². The molecule has 0 aliphatic carbocycles. The minimum atomic E-state index is -4.30. The molecule has 0 atom stereocenters. The van der Waals surface area contributed by atoms with Gasteiger partial charge in [-0.3, -0.25) is 4.90 Å². The van der Waals surface area contributed by atoms with Gasteiger partial charge in [0.2, 0.25) is 0 Å². The first-order valence-corrected chi connectivity index (χ1v) is 7.61. The fourth-order valence-corrected chi connectivity index (χ4v) is 3.09. The van der Waals surface area contributed by atoms with Crippen molar-refractivity contribution in [1.82, 2.24) is 14.8 Å². The molecule has 1 aromatic carbocycles. The normalized spacial score (nSPS) is 17.3. The zero-order valence-corrected chi connectivity index (χ0v) is 12.6. The Labute approximate surface area is 127 Å². The van der Waals surface area contributed by atoms with Crippen LogP contribution in [-0.4, -0.2) is 35.6 Å². The molecule has 0 spiro atoms. The molecular weight excluding hydrogens is 291 g/mol. The van der Waals surface area contributed by atoms with Gasteiger partial charge in [-0.15, -0.1) is 0 Å². The van der Waals surface area contributed by atoms with Crippen LogP contribution in [0.3, 0.4) is 0 Å². The van der Waals surface area contributed by atoms with Gasteiger partial charge in [-0.25, -0.2) is 0 Å². The monoisotopic (exact) mass is 311 g/mol. The van der Waals surface area contributed by atoms with Crippen molar-refractivity contribution < 1.29 is 13.2 Å². The third kappa shape index (κ3) is 2.98. The van der Waals surface area contributed by atoms with Crippen LogP contribution in [0.15, 0.2) is 24.3 Å². The lowest BCUT2D eigenvalue weighted by molar-refractivity contribution is -0.137. The first-order chi connectivity index (χ1) is 10.5. The number of hydrogen-bond acceptors (Lipinski definition) is 2. The van der Waals surface area contributed by atoms with Gasteiger partial charge in [0.15, 0.2) is 0 Å². The maximum atomic E-state index is 12.9. The highest BCUT2D eigenvalue weighted by molar-refractivity contribution is 5.82. The Morgan fingerprint density at radius 1 is 1.14 bits per heavy atom. The molecule has 6 heteroatoms. The van der Waals surface area contributed by atoms with E-state index in [-0.39, 0.29) is 0 Å². The minimum absolute atomic E-state index is 0.582. The van der Waals surface area contributed by atoms with Gasteiger partial charge < -0.3 is 9.88 Å². The van der Waals surface area contributed by atoms with E-state index in [1.807, 2.05) is 17.6 Å². The fourth-order valence-electron chi connectivity index (χ4n) is 3.09. The molecule has 2 aromatic rings. The standard InChI is InChI=1S/C16H20F3N3/c1-2-22-14(11-21-7-5-20-6-8-21)9-12-3-4-13(10-15(12)22)16(17,18)19/h3-4,9-10,20H,2,5-8,11H2,1H3. The Bertz CT molecular complexity index is 654. The summed E-state index contributed by atoms with van der Waals surface area (Å²) in [5.41, 5.74) is 1.17. The third-order valence-electron chi connectivity index (χ3n) is 4.23. The highest BCUT2D eigenvalue weighted by atomic mass is 19.4. The second-order valence-electron chi connectivity index (χ2n) is 5.68. The van der Waals surface area contributed by atoms with Gasteiger partial charge in [-0.05, 0) is 30.5 Å². The van der Waals surface area contributed by atoms with Gasteiger partial charge in [0, 0.05) is 50.5 Å². The second kappa shape index (κ2) is 5.93. The van der Waals surface area contributed by atoms with Crippen molar-refractivity contribution in [3.05, 3.63) is 35.5 Å². The highest BCUT2D eigenvalue weighted by Gasteiger charge is 2.31. The first kappa shape index (κ1) is 15.4. The number of rotatable bonds is 3. The Balaban J connectivity index is 1.96. The number of piperazine rings is 1. The van der Waals surface area contributed by atoms with Crippen LogP contribution >= 0.6 is 0 Å². The van der Waals surface area contributed by atoms with E-state index in [1.54, 1.807) is 6.07 Å². The summed E-state index contributed by atoms with van der Waals surface area (Å²) in [5.74, 6) is 0. The third-order valence-corrected chi connectivity index (χ3v) is 4.23. The van der Waals surface area contributed by atoms with Crippen LogP contribution < -0.4 is 5.32 Å². The van der Waals surface area contributed by atoms with Crippen LogP contribution in [0, 0.1) is 0 Å². The molecule has 120 valence electrons. The molecule has 2 heterocycles. The lowest BCUT2D eigenvalue weighted by Gasteiger charge is -2.27. The maximum absolute atomic E-state index is 12.9. The topological polar surface area (TPSA) is 20.2 Å². The van der Waals surface area contributed by atoms with E-state index < -0.39 is 11.7 Å². The second-order valence-corrected chi connectivity index (χ2v) is 5.68. The first-order valence-electron chi connectivity index (χ1n) is 7.61. The van der Waals surface area contributed by atoms with E-state index in [0.717, 1.165) is 49.9 Å². The summed E-state index contributed by atoms with van der Waals surface area (Å²) in [4.78, 5) is 2.33. The molecule has 0 amide bonds. The Morgan fingerprint density at radius 2 is 1.86 bits per heavy atom. The molecule has 1 fully saturated rings. The quantitative estimate of drug-likeness (QED) is 0.940. The number of nitrogens with zero attached hydrogens (tertiary/aromatic N) is 2. The molecule has 1 N–H and O–H groups in total. The average molecular weight is 311 g/mol. The molecule has 1 saturated heterocycles. The SMILES string of the molecule is CCn1c(CN2CCNCC2)cc2ccc(C(F)(F)F)cc21. The predicted octanol–water partition coefficient (Wildman–Crippen LogP) is 3.09. The van der Waals surface area contributed by atoms with Crippen molar-refractivity contribution in [2.45, 2.75) is 26.2 Å². The summed E-state index contributed by atoms with van der Waals surface area (Å²) >= 11 is 0. The number of halogens is 3. The number of nitrogens with one attached hydrogen (secondary N) is 1. The van der Waals surface area contributed by atoms with Gasteiger partial charge in [-0.2, -0.15) is 13.2 Å². The zero-order chi connectivity index (χ0) is 15.7. The van der Waals surface area contributed by atoms with Crippen molar-refractivity contribution in [3.8, 4) is 0 Å². The molecule has 22 heavy (non-hydrogen) atoms. The molecule has 1 aromatic heterocycles. The molecule has 0 bridgehead atoms. The Morgan fingerprint density at radius 3 is 2.50 bits per heavy atom. The maximum Gasteiger partial charge on any atom is 0.416 e. The summed E-state index contributed by atoms with van der Waals surface area (Å²) in [6.45, 7) is 7.30. The van der Waals surface area contributed by atoms with Crippen LogP contribution in [0.25, 0.3) is 10.9 Å². The van der Waals surface area contributed by atoms with Crippen molar-refractivity contribution in [1.29, 1.82) is 0 Å². The Kier molecular flexibility index (Phi) is 4.14. The van der Waals surface area contributed by atoms with E-state index in [2.05, 4.69) is 10.2 Å². The summed E-state index contributed by atoms with van der Waals surface area (Å²) in [5, 5.41) is 4.18. The predicted molar refractivity (Wildman–Crippen MR) is 80.8 cm³/mol. The zero-order valence-electron chi connectivity index (χ0n) is 12.6. The molecular formula is C16H20F3N3. The van der Waals surface area contributed by atoms with Crippen LogP contribution in [0.2, 0.25) is 0 Å². The number of benzene rings is 1. The van der Waals surface area contributed by atoms with Gasteiger partial charge in [0.25, 0.3) is 0 Å². The van der Waals surface area contributed by atoms with E-state index in [9.17, 15) is 13.2 Å². The Hall–Kier alpha value is -1.53. The molecule has 3 nitrogen and oxygen atoms in total. The van der Waals surface area contributed by atoms with E-state index in [0.29, 0.717) is 12.1 Å². The number of hydrogen-bond donors (Lipinski definition) is 1. The van der Waals surface area contributed by atoms with Crippen molar-refractivity contribution in [2.75, 3.05) is 26.2 Å². The number of alkyl halides is 3. The van der Waals surface area contributed by atoms with Gasteiger partial charge in [0.1, 0.15) is 0 Å². The van der Waals surface area contributed by atoms with E-state index >= 15 is 0 Å². The number of aromatic nitrogens is 1. The van der Waals surface area contributed by atoms with Gasteiger partial charge in [0.05, 0.1) is 5.56 Å². The minimum Gasteiger partial charge on any atom is -0.344 e. The molecule has 0 unspecified atom stereocenters. The largest absolute Gasteiger partial charge is 0.416 e. The molecule has 0 saturated carbocycles. The van der Waals surface area contributed by atoms with Gasteiger partial charge in [-0.1, -0.05) is 6.07 Å². The summed E-state index contributed by atoms with van der Waals surface area (Å²) in [7, 11) is 0. The van der Waals surface area contributed by atoms with Crippen LogP contribution in [-0.2, 0) is 19.3 Å². The molecule has 0 radical (unpaired) electrons. The van der Waals surface area contributed by atoms with E-state index in [1.165, 1.54) is 6.07 Å². The van der Waals surface area contributed by atoms with Crippen molar-refractivity contribution >= 4 is 10.9 Å². The number of aryl methyl sites for hydroxylation is 1. The molecule has 1 aliphatic heterocycles. The lowest BCUT2D eigenvalue weighted by Crippen LogP contribution is -2.43. The summed E-state index contributed by atoms with van der Waals surface area (Å²) in [6, 6.07) is 6.02. The fraction of sp³-hybridized carbons (Fsp3) is 0.500. The van der Waals surface area contributed by atoms with Crippen LogP contribution in [0.4, 0.5) is 13.2 Å². The van der Waals surface area contributed by atoms with E-state index in [4.69, 9.17) is 0 Å². The summed E-state index contributed by atoms with van der Waals surface area (Å²) in [6.07, 6.45) is -4.30. The van der Waals surface area contributed by atoms with Crippen LogP contribution in [0.5, 0.6) is 0 Å². The van der Waals surface area contributed by atoms with Gasteiger partial charge >= 0.3 is 6.18 Å². The average Bonchev–Trinajstić information content (AvgIpc) is 2.83. The highest BCUT2D eigenvalue weighted by Crippen LogP contribution is 2.32. The van der Waals surface area contributed by atoms with Crippen molar-refractivity contribution in [3.63, 3.8) is 0 Å². The lowest BCUT2D eigenvalue weighted by atomic mass is 10.1. The number of fused-ring (bicyclic) bond motifs is 1. The summed E-state index contributed by atoms with van der Waals surface area (Å²) < 4.78 is 40.7. The molecule has 1 aliphatic rings. The smallest absolute Gasteiger partial charge is 0.344 e. The molecule has 3 rings (SSSR count). The van der Waals surface area contributed by atoms with Crippen molar-refractivity contribution in [2.24, 2.45) is 0 Å².